The predicted molar refractivity (Wildman–Crippen MR) is 110 cm³/mol. The van der Waals surface area contributed by atoms with Crippen LogP contribution in [0.3, 0.4) is 0 Å². The molecule has 0 saturated carbocycles. The second-order valence-corrected chi connectivity index (χ2v) is 6.63. The minimum absolute atomic E-state index is 0.248. The van der Waals surface area contributed by atoms with Crippen LogP contribution in [0.4, 0.5) is 10.2 Å². The van der Waals surface area contributed by atoms with Gasteiger partial charge in [-0.15, -0.1) is 0 Å². The van der Waals surface area contributed by atoms with E-state index in [9.17, 15) is 4.39 Å². The van der Waals surface area contributed by atoms with Crippen LogP contribution in [0.1, 0.15) is 11.3 Å². The Bertz CT molecular complexity index is 1160. The first-order chi connectivity index (χ1) is 14.1. The largest absolute Gasteiger partial charge is 0.493 e. The maximum absolute atomic E-state index is 13.1. The Kier molecular flexibility index (Phi) is 5.03. The molecule has 4 rings (SSSR count). The molecule has 29 heavy (non-hydrogen) atoms. The van der Waals surface area contributed by atoms with Crippen LogP contribution in [0.2, 0.25) is 0 Å². The zero-order valence-electron chi connectivity index (χ0n) is 16.4. The average molecular weight is 392 g/mol. The lowest BCUT2D eigenvalue weighted by molar-refractivity contribution is 0.355. The zero-order valence-corrected chi connectivity index (χ0v) is 16.4. The summed E-state index contributed by atoms with van der Waals surface area (Å²) in [4.78, 5) is 4.68. The molecule has 2 aromatic heterocycles. The Morgan fingerprint density at radius 2 is 1.76 bits per heavy atom. The van der Waals surface area contributed by atoms with Crippen molar-refractivity contribution in [2.75, 3.05) is 19.5 Å². The summed E-state index contributed by atoms with van der Waals surface area (Å²) in [5.74, 6) is 1.87. The molecule has 0 spiro atoms. The van der Waals surface area contributed by atoms with Crippen LogP contribution < -0.4 is 14.8 Å². The van der Waals surface area contributed by atoms with Gasteiger partial charge in [0.1, 0.15) is 11.6 Å². The van der Waals surface area contributed by atoms with Crippen molar-refractivity contribution in [2.24, 2.45) is 0 Å². The molecule has 2 heterocycles. The molecule has 7 heteroatoms. The Morgan fingerprint density at radius 3 is 2.48 bits per heavy atom. The van der Waals surface area contributed by atoms with E-state index in [2.05, 4.69) is 15.4 Å². The zero-order chi connectivity index (χ0) is 20.4. The number of nitrogens with zero attached hydrogens (tertiary/aromatic N) is 3. The summed E-state index contributed by atoms with van der Waals surface area (Å²) in [6, 6.07) is 14.1. The number of ether oxygens (including phenoxy) is 2. The van der Waals surface area contributed by atoms with E-state index in [4.69, 9.17) is 9.47 Å². The fourth-order valence-electron chi connectivity index (χ4n) is 3.21. The third-order valence-corrected chi connectivity index (χ3v) is 4.68. The highest BCUT2D eigenvalue weighted by atomic mass is 19.1. The summed E-state index contributed by atoms with van der Waals surface area (Å²) in [6.07, 6.45) is 1.78. The second kappa shape index (κ2) is 7.79. The molecule has 0 aliphatic carbocycles. The van der Waals surface area contributed by atoms with Gasteiger partial charge in [0.2, 0.25) is 0 Å². The number of nitrogens with one attached hydrogen (secondary N) is 1. The number of benzene rings is 2. The van der Waals surface area contributed by atoms with Crippen LogP contribution in [0.5, 0.6) is 11.5 Å². The topological polar surface area (TPSA) is 60.7 Å². The molecule has 148 valence electrons. The van der Waals surface area contributed by atoms with Gasteiger partial charge in [0.25, 0.3) is 0 Å². The van der Waals surface area contributed by atoms with Crippen molar-refractivity contribution in [3.05, 3.63) is 71.8 Å². The van der Waals surface area contributed by atoms with Gasteiger partial charge in [-0.2, -0.15) is 9.61 Å². The number of fused-ring (bicyclic) bond motifs is 1. The molecule has 0 amide bonds. The molecule has 4 aromatic rings. The fraction of sp³-hybridized carbons (Fsp3) is 0.182. The lowest BCUT2D eigenvalue weighted by atomic mass is 10.1. The smallest absolute Gasteiger partial charge is 0.165 e. The quantitative estimate of drug-likeness (QED) is 0.524. The van der Waals surface area contributed by atoms with Gasteiger partial charge in [0.15, 0.2) is 17.1 Å². The van der Waals surface area contributed by atoms with Crippen molar-refractivity contribution in [3.8, 4) is 22.6 Å². The van der Waals surface area contributed by atoms with E-state index in [-0.39, 0.29) is 5.82 Å². The van der Waals surface area contributed by atoms with Gasteiger partial charge in [-0.05, 0) is 42.3 Å². The molecule has 0 aliphatic rings. The monoisotopic (exact) mass is 392 g/mol. The van der Waals surface area contributed by atoms with Gasteiger partial charge in [0.05, 0.1) is 20.4 Å². The van der Waals surface area contributed by atoms with Gasteiger partial charge in [-0.1, -0.05) is 18.2 Å². The van der Waals surface area contributed by atoms with Crippen molar-refractivity contribution in [2.45, 2.75) is 13.5 Å². The molecule has 0 saturated heterocycles. The lowest BCUT2D eigenvalue weighted by Gasteiger charge is -2.11. The lowest BCUT2D eigenvalue weighted by Crippen LogP contribution is -2.06. The number of anilines is 1. The van der Waals surface area contributed by atoms with Crippen molar-refractivity contribution >= 4 is 11.5 Å². The average Bonchev–Trinajstić information content (AvgIpc) is 3.16. The van der Waals surface area contributed by atoms with Gasteiger partial charge in [-0.25, -0.2) is 9.37 Å². The third-order valence-electron chi connectivity index (χ3n) is 4.68. The molecule has 0 aliphatic heterocycles. The third kappa shape index (κ3) is 3.71. The normalized spacial score (nSPS) is 10.9. The van der Waals surface area contributed by atoms with E-state index in [1.165, 1.54) is 12.1 Å². The molecule has 0 atom stereocenters. The van der Waals surface area contributed by atoms with E-state index in [1.807, 2.05) is 31.2 Å². The van der Waals surface area contributed by atoms with Gasteiger partial charge >= 0.3 is 0 Å². The van der Waals surface area contributed by atoms with Crippen molar-refractivity contribution in [1.29, 1.82) is 0 Å². The number of aryl methyl sites for hydroxylation is 1. The van der Waals surface area contributed by atoms with Crippen LogP contribution in [0.15, 0.2) is 54.7 Å². The van der Waals surface area contributed by atoms with E-state index in [1.54, 1.807) is 37.1 Å². The molecule has 1 N–H and O–H groups in total. The van der Waals surface area contributed by atoms with Crippen LogP contribution in [0.25, 0.3) is 16.8 Å². The number of rotatable bonds is 6. The van der Waals surface area contributed by atoms with Gasteiger partial charge in [0, 0.05) is 23.9 Å². The van der Waals surface area contributed by atoms with E-state index < -0.39 is 0 Å². The van der Waals surface area contributed by atoms with E-state index in [0.29, 0.717) is 18.0 Å². The first kappa shape index (κ1) is 18.7. The predicted octanol–water partition coefficient (Wildman–Crippen LogP) is 4.47. The Balaban J connectivity index is 1.70. The molecule has 2 aromatic carbocycles. The number of halogens is 1. The SMILES string of the molecule is COc1ccc(-c2cnn3c(NCc4ccc(F)cc4)cc(C)nc23)cc1OC. The number of aromatic nitrogens is 3. The molecule has 0 radical (unpaired) electrons. The molecule has 0 fully saturated rings. The molecular weight excluding hydrogens is 371 g/mol. The molecular formula is C22H21FN4O2. The Morgan fingerprint density at radius 1 is 1.00 bits per heavy atom. The molecule has 6 nitrogen and oxygen atoms in total. The summed E-state index contributed by atoms with van der Waals surface area (Å²) in [5.41, 5.74) is 4.39. The summed E-state index contributed by atoms with van der Waals surface area (Å²) in [6.45, 7) is 2.48. The number of hydrogen-bond acceptors (Lipinski definition) is 5. The standard InChI is InChI=1S/C22H21FN4O2/c1-14-10-21(24-12-15-4-7-17(23)8-5-15)27-22(26-14)18(13-25-27)16-6-9-19(28-2)20(11-16)29-3/h4-11,13,24H,12H2,1-3H3. The molecule has 0 bridgehead atoms. The van der Waals surface area contributed by atoms with E-state index >= 15 is 0 Å². The van der Waals surface area contributed by atoms with E-state index in [0.717, 1.165) is 33.8 Å². The number of methoxy groups -OCH3 is 2. The maximum atomic E-state index is 13.1. The van der Waals surface area contributed by atoms with Crippen molar-refractivity contribution in [3.63, 3.8) is 0 Å². The molecule has 0 unspecified atom stereocenters. The van der Waals surface area contributed by atoms with Crippen LogP contribution in [-0.4, -0.2) is 28.8 Å². The van der Waals surface area contributed by atoms with Crippen LogP contribution >= 0.6 is 0 Å². The summed E-state index contributed by atoms with van der Waals surface area (Å²) in [7, 11) is 3.22. The summed E-state index contributed by atoms with van der Waals surface area (Å²) in [5, 5.41) is 7.88. The van der Waals surface area contributed by atoms with Crippen molar-refractivity contribution in [1.82, 2.24) is 14.6 Å². The first-order valence-electron chi connectivity index (χ1n) is 9.15. The summed E-state index contributed by atoms with van der Waals surface area (Å²) >= 11 is 0. The first-order valence-corrected chi connectivity index (χ1v) is 9.15. The second-order valence-electron chi connectivity index (χ2n) is 6.63. The van der Waals surface area contributed by atoms with Crippen molar-refractivity contribution < 1.29 is 13.9 Å². The van der Waals surface area contributed by atoms with Gasteiger partial charge in [-0.3, -0.25) is 0 Å². The maximum Gasteiger partial charge on any atom is 0.165 e. The minimum Gasteiger partial charge on any atom is -0.493 e. The van der Waals surface area contributed by atoms with Gasteiger partial charge < -0.3 is 14.8 Å². The Hall–Kier alpha value is -3.61. The fourth-order valence-corrected chi connectivity index (χ4v) is 3.21. The van der Waals surface area contributed by atoms with Crippen LogP contribution in [-0.2, 0) is 6.54 Å². The minimum atomic E-state index is -0.248. The highest BCUT2D eigenvalue weighted by Gasteiger charge is 2.14. The summed E-state index contributed by atoms with van der Waals surface area (Å²) < 4.78 is 25.6. The Labute approximate surface area is 167 Å². The van der Waals surface area contributed by atoms with Crippen LogP contribution in [0, 0.1) is 12.7 Å². The highest BCUT2D eigenvalue weighted by Crippen LogP contribution is 2.34. The highest BCUT2D eigenvalue weighted by molar-refractivity contribution is 5.79. The number of hydrogen-bond donors (Lipinski definition) is 1.